The largest absolute Gasteiger partial charge is 0.491 e. The maximum atomic E-state index is 12.8. The van der Waals surface area contributed by atoms with Crippen molar-refractivity contribution in [2.45, 2.75) is 38.7 Å². The van der Waals surface area contributed by atoms with Gasteiger partial charge in [-0.3, -0.25) is 4.79 Å². The number of amides is 1. The smallest absolute Gasteiger partial charge is 0.332 e. The standard InChI is InChI=1S/C28H33NO5/c30-27(29-18-23-8-4-5-9-24(23)19-29)17-25(28(31)32)16-21-10-12-26(13-11-21)34-15-14-33-20-22-6-2-1-3-7-22/h1-3,6-7,10-13,16,23-24H,4-5,8-9,14-15,17-20H2,(H,31,32)/b25-16+. The third-order valence-electron chi connectivity index (χ3n) is 6.77. The third-order valence-corrected chi connectivity index (χ3v) is 6.77. The zero-order chi connectivity index (χ0) is 23.8. The van der Waals surface area contributed by atoms with E-state index in [1.54, 1.807) is 30.3 Å². The molecule has 0 spiro atoms. The van der Waals surface area contributed by atoms with Gasteiger partial charge in [0.15, 0.2) is 0 Å². The molecule has 2 aromatic rings. The minimum atomic E-state index is -1.05. The zero-order valence-electron chi connectivity index (χ0n) is 19.5. The topological polar surface area (TPSA) is 76.1 Å². The van der Waals surface area contributed by atoms with E-state index in [0.717, 1.165) is 24.2 Å². The van der Waals surface area contributed by atoms with Crippen molar-refractivity contribution in [3.05, 3.63) is 71.3 Å². The molecule has 0 radical (unpaired) electrons. The second-order valence-electron chi connectivity index (χ2n) is 9.21. The Hall–Kier alpha value is -3.12. The van der Waals surface area contributed by atoms with E-state index in [4.69, 9.17) is 9.47 Å². The van der Waals surface area contributed by atoms with Crippen molar-refractivity contribution >= 4 is 18.0 Å². The van der Waals surface area contributed by atoms with Crippen LogP contribution in [0.25, 0.3) is 6.08 Å². The highest BCUT2D eigenvalue weighted by Gasteiger charge is 2.36. The number of fused-ring (bicyclic) bond motifs is 1. The summed E-state index contributed by atoms with van der Waals surface area (Å²) in [4.78, 5) is 26.5. The van der Waals surface area contributed by atoms with Gasteiger partial charge < -0.3 is 19.5 Å². The first-order valence-corrected chi connectivity index (χ1v) is 12.1. The molecule has 2 aromatic carbocycles. The maximum absolute atomic E-state index is 12.8. The molecule has 6 heteroatoms. The van der Waals surface area contributed by atoms with Crippen LogP contribution in [0.1, 0.15) is 43.2 Å². The summed E-state index contributed by atoms with van der Waals surface area (Å²) in [7, 11) is 0. The summed E-state index contributed by atoms with van der Waals surface area (Å²) in [6.07, 6.45) is 6.35. The van der Waals surface area contributed by atoms with Crippen LogP contribution in [0.3, 0.4) is 0 Å². The Balaban J connectivity index is 1.25. The molecule has 2 fully saturated rings. The van der Waals surface area contributed by atoms with E-state index in [9.17, 15) is 14.7 Å². The molecule has 34 heavy (non-hydrogen) atoms. The predicted octanol–water partition coefficient (Wildman–Crippen LogP) is 4.79. The summed E-state index contributed by atoms with van der Waals surface area (Å²) in [5.74, 6) is 0.727. The van der Waals surface area contributed by atoms with Crippen LogP contribution in [0.2, 0.25) is 0 Å². The van der Waals surface area contributed by atoms with Crippen LogP contribution in [0, 0.1) is 11.8 Å². The molecule has 0 bridgehead atoms. The number of carbonyl (C=O) groups excluding carboxylic acids is 1. The first kappa shape index (κ1) is 24.0. The van der Waals surface area contributed by atoms with E-state index in [2.05, 4.69) is 0 Å². The number of carboxylic acids is 1. The molecule has 6 nitrogen and oxygen atoms in total. The van der Waals surface area contributed by atoms with E-state index in [1.807, 2.05) is 35.2 Å². The Morgan fingerprint density at radius 2 is 1.62 bits per heavy atom. The molecule has 1 saturated carbocycles. The molecule has 0 aromatic heterocycles. The molecule has 1 N–H and O–H groups in total. The number of carbonyl (C=O) groups is 2. The van der Waals surface area contributed by atoms with Crippen LogP contribution < -0.4 is 4.74 Å². The van der Waals surface area contributed by atoms with E-state index < -0.39 is 5.97 Å². The average Bonchev–Trinajstić information content (AvgIpc) is 3.29. The highest BCUT2D eigenvalue weighted by molar-refractivity contribution is 5.98. The molecular weight excluding hydrogens is 430 g/mol. The van der Waals surface area contributed by atoms with Gasteiger partial charge in [0.2, 0.25) is 5.91 Å². The molecule has 2 aliphatic rings. The van der Waals surface area contributed by atoms with Crippen molar-refractivity contribution < 1.29 is 24.2 Å². The molecule has 2 atom stereocenters. The van der Waals surface area contributed by atoms with E-state index in [-0.39, 0.29) is 17.9 Å². The lowest BCUT2D eigenvalue weighted by Gasteiger charge is -2.22. The SMILES string of the molecule is O=C(O)/C(=C/c1ccc(OCCOCc2ccccc2)cc1)CC(=O)N1CC2CCCCC2C1. The molecule has 2 unspecified atom stereocenters. The molecule has 1 heterocycles. The van der Waals surface area contributed by atoms with Crippen molar-refractivity contribution in [2.24, 2.45) is 11.8 Å². The quantitative estimate of drug-likeness (QED) is 0.405. The van der Waals surface area contributed by atoms with Gasteiger partial charge in [-0.2, -0.15) is 0 Å². The summed E-state index contributed by atoms with van der Waals surface area (Å²) >= 11 is 0. The van der Waals surface area contributed by atoms with Crippen LogP contribution in [0.4, 0.5) is 0 Å². The number of benzene rings is 2. The van der Waals surface area contributed by atoms with E-state index in [1.165, 1.54) is 25.7 Å². The number of carboxylic acid groups (broad SMARTS) is 1. The molecule has 1 saturated heterocycles. The minimum absolute atomic E-state index is 0.0776. The third kappa shape index (κ3) is 6.70. The monoisotopic (exact) mass is 463 g/mol. The fraction of sp³-hybridized carbons (Fsp3) is 0.429. The highest BCUT2D eigenvalue weighted by atomic mass is 16.5. The summed E-state index contributed by atoms with van der Waals surface area (Å²) in [6, 6.07) is 17.2. The van der Waals surface area contributed by atoms with Gasteiger partial charge in [0.05, 0.1) is 19.6 Å². The lowest BCUT2D eigenvalue weighted by Crippen LogP contribution is -2.29. The molecule has 1 aliphatic heterocycles. The van der Waals surface area contributed by atoms with Gasteiger partial charge in [0, 0.05) is 18.7 Å². The van der Waals surface area contributed by atoms with E-state index >= 15 is 0 Å². The number of hydrogen-bond donors (Lipinski definition) is 1. The second kappa shape index (κ2) is 11.8. The second-order valence-corrected chi connectivity index (χ2v) is 9.21. The lowest BCUT2D eigenvalue weighted by atomic mass is 9.82. The van der Waals surface area contributed by atoms with Gasteiger partial charge in [0.25, 0.3) is 0 Å². The number of likely N-dealkylation sites (tertiary alicyclic amines) is 1. The van der Waals surface area contributed by atoms with Crippen LogP contribution in [0.15, 0.2) is 60.2 Å². The predicted molar refractivity (Wildman–Crippen MR) is 130 cm³/mol. The summed E-state index contributed by atoms with van der Waals surface area (Å²) in [5.41, 5.74) is 1.96. The van der Waals surface area contributed by atoms with Gasteiger partial charge in [-0.15, -0.1) is 0 Å². The van der Waals surface area contributed by atoms with Gasteiger partial charge in [-0.1, -0.05) is 55.3 Å². The Labute approximate surface area is 201 Å². The average molecular weight is 464 g/mol. The maximum Gasteiger partial charge on any atom is 0.332 e. The molecule has 180 valence electrons. The van der Waals surface area contributed by atoms with Crippen molar-refractivity contribution in [2.75, 3.05) is 26.3 Å². The van der Waals surface area contributed by atoms with Crippen molar-refractivity contribution in [3.8, 4) is 5.75 Å². The van der Waals surface area contributed by atoms with Crippen LogP contribution in [-0.2, 0) is 20.9 Å². The Morgan fingerprint density at radius 3 is 2.26 bits per heavy atom. The zero-order valence-corrected chi connectivity index (χ0v) is 19.5. The van der Waals surface area contributed by atoms with Gasteiger partial charge in [-0.25, -0.2) is 4.79 Å². The van der Waals surface area contributed by atoms with Crippen LogP contribution >= 0.6 is 0 Å². The Morgan fingerprint density at radius 1 is 0.941 bits per heavy atom. The Bertz CT molecular complexity index is 972. The molecule has 4 rings (SSSR count). The number of aliphatic carboxylic acids is 1. The first-order chi connectivity index (χ1) is 16.6. The molecule has 1 amide bonds. The molecular formula is C28H33NO5. The van der Waals surface area contributed by atoms with Crippen molar-refractivity contribution in [1.29, 1.82) is 0 Å². The van der Waals surface area contributed by atoms with Gasteiger partial charge in [-0.05, 0) is 54.0 Å². The lowest BCUT2D eigenvalue weighted by molar-refractivity contribution is -0.136. The number of nitrogens with zero attached hydrogens (tertiary/aromatic N) is 1. The molecule has 1 aliphatic carbocycles. The van der Waals surface area contributed by atoms with E-state index in [0.29, 0.717) is 37.4 Å². The summed E-state index contributed by atoms with van der Waals surface area (Å²) in [5, 5.41) is 9.66. The van der Waals surface area contributed by atoms with Crippen molar-refractivity contribution in [3.63, 3.8) is 0 Å². The first-order valence-electron chi connectivity index (χ1n) is 12.1. The van der Waals surface area contributed by atoms with Crippen molar-refractivity contribution in [1.82, 2.24) is 4.90 Å². The number of rotatable bonds is 10. The number of hydrogen-bond acceptors (Lipinski definition) is 4. The number of ether oxygens (including phenoxy) is 2. The minimum Gasteiger partial charge on any atom is -0.491 e. The fourth-order valence-electron chi connectivity index (χ4n) is 4.92. The normalized spacial score (nSPS) is 20.1. The summed E-state index contributed by atoms with van der Waals surface area (Å²) in [6.45, 7) is 2.99. The van der Waals surface area contributed by atoms with Gasteiger partial charge in [0.1, 0.15) is 12.4 Å². The highest BCUT2D eigenvalue weighted by Crippen LogP contribution is 2.36. The van der Waals surface area contributed by atoms with Crippen LogP contribution in [0.5, 0.6) is 5.75 Å². The summed E-state index contributed by atoms with van der Waals surface area (Å²) < 4.78 is 11.3. The fourth-order valence-corrected chi connectivity index (χ4v) is 4.92. The van der Waals surface area contributed by atoms with Gasteiger partial charge >= 0.3 is 5.97 Å². The van der Waals surface area contributed by atoms with Crippen LogP contribution in [-0.4, -0.2) is 48.2 Å². The Kier molecular flexibility index (Phi) is 8.36.